The Kier molecular flexibility index (Phi) is 3.44. The molecule has 5 nitrogen and oxygen atoms in total. The molecule has 0 spiro atoms. The van der Waals surface area contributed by atoms with E-state index in [9.17, 15) is 18.8 Å². The third kappa shape index (κ3) is 2.48. The van der Waals surface area contributed by atoms with E-state index in [0.717, 1.165) is 10.5 Å². The van der Waals surface area contributed by atoms with E-state index < -0.39 is 23.5 Å². The zero-order chi connectivity index (χ0) is 16.7. The molecule has 116 valence electrons. The molecule has 0 saturated carbocycles. The van der Waals surface area contributed by atoms with Gasteiger partial charge in [0.15, 0.2) is 0 Å². The van der Waals surface area contributed by atoms with E-state index in [0.29, 0.717) is 0 Å². The van der Waals surface area contributed by atoms with Crippen LogP contribution in [0.15, 0.2) is 36.4 Å². The van der Waals surface area contributed by atoms with Crippen molar-refractivity contribution in [1.82, 2.24) is 4.90 Å². The predicted octanol–water partition coefficient (Wildman–Crippen LogP) is 2.61. The number of halogens is 1. The number of imide groups is 1. The molecular formula is C17H13FN2O3. The van der Waals surface area contributed by atoms with E-state index >= 15 is 0 Å². The smallest absolute Gasteiger partial charge is 0.261 e. The van der Waals surface area contributed by atoms with Gasteiger partial charge < -0.3 is 5.32 Å². The molecule has 1 heterocycles. The van der Waals surface area contributed by atoms with Crippen LogP contribution in [0.3, 0.4) is 0 Å². The molecule has 3 amide bonds. The molecule has 3 rings (SSSR count). The predicted molar refractivity (Wildman–Crippen MR) is 82.0 cm³/mol. The summed E-state index contributed by atoms with van der Waals surface area (Å²) in [4.78, 5) is 37.0. The first-order chi connectivity index (χ1) is 10.9. The highest BCUT2D eigenvalue weighted by molar-refractivity contribution is 6.22. The maximum Gasteiger partial charge on any atom is 0.261 e. The Morgan fingerprint density at radius 2 is 1.74 bits per heavy atom. The van der Waals surface area contributed by atoms with Crippen LogP contribution in [0.1, 0.15) is 36.6 Å². The number of aryl methyl sites for hydroxylation is 1. The van der Waals surface area contributed by atoms with Crippen molar-refractivity contribution >= 4 is 23.4 Å². The number of benzene rings is 2. The number of fused-ring (bicyclic) bond motifs is 1. The van der Waals surface area contributed by atoms with Gasteiger partial charge in [-0.25, -0.2) is 4.39 Å². The van der Waals surface area contributed by atoms with Gasteiger partial charge in [0.1, 0.15) is 5.82 Å². The summed E-state index contributed by atoms with van der Waals surface area (Å²) in [6, 6.07) is 8.60. The molecule has 1 N–H and O–H groups in total. The highest BCUT2D eigenvalue weighted by atomic mass is 19.1. The molecule has 0 unspecified atom stereocenters. The Morgan fingerprint density at radius 1 is 1.04 bits per heavy atom. The lowest BCUT2D eigenvalue weighted by atomic mass is 10.1. The summed E-state index contributed by atoms with van der Waals surface area (Å²) in [6.07, 6.45) is 0. The SMILES string of the molecule is Cc1ccc(F)c(NC(=O)c2ccc3c(c2)C(=O)N(C)C3=O)c1. The average molecular weight is 312 g/mol. The fourth-order valence-corrected chi connectivity index (χ4v) is 2.43. The van der Waals surface area contributed by atoms with E-state index in [1.807, 2.05) is 0 Å². The summed E-state index contributed by atoms with van der Waals surface area (Å²) in [5, 5.41) is 2.47. The topological polar surface area (TPSA) is 66.5 Å². The van der Waals surface area contributed by atoms with Gasteiger partial charge >= 0.3 is 0 Å². The lowest BCUT2D eigenvalue weighted by molar-refractivity contribution is 0.0693. The molecule has 0 fully saturated rings. The number of nitrogens with zero attached hydrogens (tertiary/aromatic N) is 1. The van der Waals surface area contributed by atoms with Crippen molar-refractivity contribution in [3.63, 3.8) is 0 Å². The summed E-state index contributed by atoms with van der Waals surface area (Å²) in [7, 11) is 1.38. The molecule has 0 bridgehead atoms. The van der Waals surface area contributed by atoms with Crippen molar-refractivity contribution in [2.24, 2.45) is 0 Å². The fraction of sp³-hybridized carbons (Fsp3) is 0.118. The Labute approximate surface area is 131 Å². The summed E-state index contributed by atoms with van der Waals surface area (Å²) >= 11 is 0. The highest BCUT2D eigenvalue weighted by Crippen LogP contribution is 2.23. The Bertz CT molecular complexity index is 861. The van der Waals surface area contributed by atoms with Gasteiger partial charge in [-0.05, 0) is 42.8 Å². The van der Waals surface area contributed by atoms with Crippen LogP contribution in [0, 0.1) is 12.7 Å². The number of carbonyl (C=O) groups is 3. The first-order valence-corrected chi connectivity index (χ1v) is 6.92. The van der Waals surface area contributed by atoms with Crippen molar-refractivity contribution in [3.8, 4) is 0 Å². The first kappa shape index (κ1) is 14.9. The average Bonchev–Trinajstić information content (AvgIpc) is 2.75. The van der Waals surface area contributed by atoms with Crippen LogP contribution in [-0.2, 0) is 0 Å². The lowest BCUT2D eigenvalue weighted by Crippen LogP contribution is -2.24. The minimum atomic E-state index is -0.549. The Balaban J connectivity index is 1.92. The van der Waals surface area contributed by atoms with E-state index in [1.165, 1.54) is 37.4 Å². The van der Waals surface area contributed by atoms with E-state index in [2.05, 4.69) is 5.32 Å². The molecule has 1 aliphatic heterocycles. The molecule has 23 heavy (non-hydrogen) atoms. The maximum atomic E-state index is 13.7. The fourth-order valence-electron chi connectivity index (χ4n) is 2.43. The van der Waals surface area contributed by atoms with Crippen molar-refractivity contribution in [2.75, 3.05) is 12.4 Å². The van der Waals surface area contributed by atoms with Gasteiger partial charge in [0, 0.05) is 12.6 Å². The van der Waals surface area contributed by atoms with Crippen LogP contribution in [0.2, 0.25) is 0 Å². The van der Waals surface area contributed by atoms with E-state index in [4.69, 9.17) is 0 Å². The number of hydrogen-bond donors (Lipinski definition) is 1. The number of anilines is 1. The lowest BCUT2D eigenvalue weighted by Gasteiger charge is -2.08. The molecule has 0 saturated heterocycles. The molecule has 0 aromatic heterocycles. The van der Waals surface area contributed by atoms with Crippen LogP contribution in [0.4, 0.5) is 10.1 Å². The van der Waals surface area contributed by atoms with Crippen molar-refractivity contribution in [1.29, 1.82) is 0 Å². The van der Waals surface area contributed by atoms with Gasteiger partial charge in [-0.3, -0.25) is 19.3 Å². The molecule has 0 atom stereocenters. The van der Waals surface area contributed by atoms with Crippen LogP contribution < -0.4 is 5.32 Å². The number of rotatable bonds is 2. The number of hydrogen-bond acceptors (Lipinski definition) is 3. The third-order valence-corrected chi connectivity index (χ3v) is 3.72. The second kappa shape index (κ2) is 5.31. The third-order valence-electron chi connectivity index (χ3n) is 3.72. The molecule has 6 heteroatoms. The van der Waals surface area contributed by atoms with Gasteiger partial charge in [0.25, 0.3) is 17.7 Å². The standard InChI is InChI=1S/C17H13FN2O3/c1-9-3-6-13(18)14(7-9)19-15(21)10-4-5-11-12(8-10)17(23)20(2)16(11)22/h3-8H,1-2H3,(H,19,21). The summed E-state index contributed by atoms with van der Waals surface area (Å²) in [5.41, 5.74) is 1.49. The largest absolute Gasteiger partial charge is 0.319 e. The van der Waals surface area contributed by atoms with Crippen molar-refractivity contribution in [2.45, 2.75) is 6.92 Å². The summed E-state index contributed by atoms with van der Waals surface area (Å²) in [5.74, 6) is -1.95. The van der Waals surface area contributed by atoms with Gasteiger partial charge in [0.2, 0.25) is 0 Å². The summed E-state index contributed by atoms with van der Waals surface area (Å²) in [6.45, 7) is 1.78. The van der Waals surface area contributed by atoms with Crippen LogP contribution in [0.5, 0.6) is 0 Å². The van der Waals surface area contributed by atoms with Crippen molar-refractivity contribution < 1.29 is 18.8 Å². The first-order valence-electron chi connectivity index (χ1n) is 6.92. The van der Waals surface area contributed by atoms with Gasteiger partial charge in [-0.15, -0.1) is 0 Å². The number of amides is 3. The molecule has 2 aromatic rings. The van der Waals surface area contributed by atoms with Crippen LogP contribution in [0.25, 0.3) is 0 Å². The minimum absolute atomic E-state index is 0.0648. The molecular weight excluding hydrogens is 299 g/mol. The minimum Gasteiger partial charge on any atom is -0.319 e. The Hall–Kier alpha value is -3.02. The zero-order valence-corrected chi connectivity index (χ0v) is 12.5. The van der Waals surface area contributed by atoms with Gasteiger partial charge in [0.05, 0.1) is 16.8 Å². The van der Waals surface area contributed by atoms with Crippen molar-refractivity contribution in [3.05, 3.63) is 64.5 Å². The number of carbonyl (C=O) groups excluding carboxylic acids is 3. The van der Waals surface area contributed by atoms with E-state index in [-0.39, 0.29) is 22.4 Å². The second-order valence-electron chi connectivity index (χ2n) is 5.37. The number of nitrogens with one attached hydrogen (secondary N) is 1. The van der Waals surface area contributed by atoms with Gasteiger partial charge in [-0.2, -0.15) is 0 Å². The quantitative estimate of drug-likeness (QED) is 0.867. The molecule has 1 aliphatic rings. The van der Waals surface area contributed by atoms with Crippen LogP contribution in [-0.4, -0.2) is 29.7 Å². The maximum absolute atomic E-state index is 13.7. The molecule has 0 aliphatic carbocycles. The van der Waals surface area contributed by atoms with Crippen LogP contribution >= 0.6 is 0 Å². The Morgan fingerprint density at radius 3 is 2.48 bits per heavy atom. The highest BCUT2D eigenvalue weighted by Gasteiger charge is 2.33. The molecule has 0 radical (unpaired) electrons. The summed E-state index contributed by atoms with van der Waals surface area (Å²) < 4.78 is 13.7. The normalized spacial score (nSPS) is 13.3. The zero-order valence-electron chi connectivity index (χ0n) is 12.5. The van der Waals surface area contributed by atoms with E-state index in [1.54, 1.807) is 13.0 Å². The second-order valence-corrected chi connectivity index (χ2v) is 5.37. The monoisotopic (exact) mass is 312 g/mol. The van der Waals surface area contributed by atoms with Gasteiger partial charge in [-0.1, -0.05) is 6.07 Å². The molecule has 2 aromatic carbocycles.